The number of sulfone groups is 1. The lowest BCUT2D eigenvalue weighted by Gasteiger charge is -2.24. The molecule has 1 aromatic carbocycles. The molecule has 0 aliphatic carbocycles. The van der Waals surface area contributed by atoms with Crippen LogP contribution in [-0.4, -0.2) is 49.7 Å². The van der Waals surface area contributed by atoms with Gasteiger partial charge in [0.1, 0.15) is 0 Å². The normalized spacial score (nSPS) is 24.1. The average molecular weight is 336 g/mol. The van der Waals surface area contributed by atoms with E-state index in [1.165, 1.54) is 4.90 Å². The number of nitrogens with one attached hydrogen (secondary N) is 1. The van der Waals surface area contributed by atoms with Crippen molar-refractivity contribution in [3.8, 4) is 0 Å². The quantitative estimate of drug-likeness (QED) is 0.879. The highest BCUT2D eigenvalue weighted by Crippen LogP contribution is 2.37. The number of rotatable bonds is 2. The summed E-state index contributed by atoms with van der Waals surface area (Å²) in [6.07, 6.45) is 0.473. The minimum Gasteiger partial charge on any atom is -0.338 e. The second-order valence-corrected chi connectivity index (χ2v) is 9.04. The van der Waals surface area contributed by atoms with E-state index in [-0.39, 0.29) is 29.4 Å². The minimum absolute atomic E-state index is 0.0196. The fourth-order valence-corrected chi connectivity index (χ4v) is 4.93. The predicted molar refractivity (Wildman–Crippen MR) is 87.3 cm³/mol. The summed E-state index contributed by atoms with van der Waals surface area (Å²) in [7, 11) is -1.41. The van der Waals surface area contributed by atoms with Crippen LogP contribution in [0.5, 0.6) is 0 Å². The van der Waals surface area contributed by atoms with Gasteiger partial charge < -0.3 is 10.2 Å². The SMILES string of the molecule is CN(C(=O)c1ccc2c(c1)C(C)(C)C(=O)N2)C1CCS(=O)(=O)C1. The van der Waals surface area contributed by atoms with Gasteiger partial charge in [0.25, 0.3) is 5.91 Å². The molecule has 23 heavy (non-hydrogen) atoms. The Labute approximate surface area is 135 Å². The Balaban J connectivity index is 1.87. The van der Waals surface area contributed by atoms with E-state index in [1.807, 2.05) is 13.8 Å². The molecule has 0 spiro atoms. The summed E-state index contributed by atoms with van der Waals surface area (Å²) >= 11 is 0. The molecule has 0 bridgehead atoms. The molecule has 1 unspecified atom stereocenters. The van der Waals surface area contributed by atoms with E-state index in [2.05, 4.69) is 5.32 Å². The molecule has 6 nitrogen and oxygen atoms in total. The van der Waals surface area contributed by atoms with Crippen LogP contribution in [0, 0.1) is 0 Å². The van der Waals surface area contributed by atoms with Gasteiger partial charge in [0.2, 0.25) is 5.91 Å². The summed E-state index contributed by atoms with van der Waals surface area (Å²) in [6.45, 7) is 3.63. The second kappa shape index (κ2) is 5.06. The Morgan fingerprint density at radius 3 is 2.65 bits per heavy atom. The Morgan fingerprint density at radius 1 is 1.35 bits per heavy atom. The van der Waals surface area contributed by atoms with E-state index < -0.39 is 15.3 Å². The van der Waals surface area contributed by atoms with Gasteiger partial charge in [0.15, 0.2) is 9.84 Å². The molecule has 2 aliphatic rings. The lowest BCUT2D eigenvalue weighted by Crippen LogP contribution is -2.38. The van der Waals surface area contributed by atoms with Crippen LogP contribution in [-0.2, 0) is 20.0 Å². The molecule has 7 heteroatoms. The number of fused-ring (bicyclic) bond motifs is 1. The van der Waals surface area contributed by atoms with Gasteiger partial charge in [0.05, 0.1) is 16.9 Å². The number of hydrogen-bond donors (Lipinski definition) is 1. The van der Waals surface area contributed by atoms with Crippen molar-refractivity contribution < 1.29 is 18.0 Å². The number of carbonyl (C=O) groups is 2. The highest BCUT2D eigenvalue weighted by atomic mass is 32.2. The van der Waals surface area contributed by atoms with E-state index in [4.69, 9.17) is 0 Å². The predicted octanol–water partition coefficient (Wildman–Crippen LogP) is 1.18. The molecule has 1 saturated heterocycles. The van der Waals surface area contributed by atoms with Crippen LogP contribution in [0.2, 0.25) is 0 Å². The van der Waals surface area contributed by atoms with Crippen molar-refractivity contribution in [2.75, 3.05) is 23.9 Å². The second-order valence-electron chi connectivity index (χ2n) is 6.81. The van der Waals surface area contributed by atoms with Crippen LogP contribution in [0.25, 0.3) is 0 Å². The van der Waals surface area contributed by atoms with E-state index in [0.29, 0.717) is 12.0 Å². The maximum absolute atomic E-state index is 12.7. The molecule has 1 N–H and O–H groups in total. The van der Waals surface area contributed by atoms with Crippen LogP contribution in [0.3, 0.4) is 0 Å². The zero-order valence-corrected chi connectivity index (χ0v) is 14.2. The summed E-state index contributed by atoms with van der Waals surface area (Å²) in [5.41, 5.74) is 1.31. The van der Waals surface area contributed by atoms with Gasteiger partial charge in [0, 0.05) is 24.3 Å². The van der Waals surface area contributed by atoms with Crippen molar-refractivity contribution >= 4 is 27.3 Å². The van der Waals surface area contributed by atoms with Crippen molar-refractivity contribution in [3.05, 3.63) is 29.3 Å². The monoisotopic (exact) mass is 336 g/mol. The first-order chi connectivity index (χ1) is 10.6. The molecule has 0 saturated carbocycles. The molecular formula is C16H20N2O4S. The van der Waals surface area contributed by atoms with Crippen molar-refractivity contribution in [1.29, 1.82) is 0 Å². The average Bonchev–Trinajstić information content (AvgIpc) is 2.95. The molecular weight excluding hydrogens is 316 g/mol. The fraction of sp³-hybridized carbons (Fsp3) is 0.500. The van der Waals surface area contributed by atoms with Crippen molar-refractivity contribution in [2.24, 2.45) is 0 Å². The zero-order chi connectivity index (χ0) is 17.0. The van der Waals surface area contributed by atoms with Crippen LogP contribution in [0.15, 0.2) is 18.2 Å². The lowest BCUT2D eigenvalue weighted by atomic mass is 9.85. The van der Waals surface area contributed by atoms with Crippen LogP contribution in [0.4, 0.5) is 5.69 Å². The molecule has 2 aliphatic heterocycles. The first-order valence-electron chi connectivity index (χ1n) is 7.55. The van der Waals surface area contributed by atoms with Crippen LogP contribution in [0.1, 0.15) is 36.2 Å². The maximum atomic E-state index is 12.7. The van der Waals surface area contributed by atoms with Gasteiger partial charge in [-0.2, -0.15) is 0 Å². The highest BCUT2D eigenvalue weighted by Gasteiger charge is 2.39. The Hall–Kier alpha value is -1.89. The first kappa shape index (κ1) is 16.0. The van der Waals surface area contributed by atoms with Crippen LogP contribution >= 0.6 is 0 Å². The van der Waals surface area contributed by atoms with Gasteiger partial charge in [-0.15, -0.1) is 0 Å². The number of benzene rings is 1. The van der Waals surface area contributed by atoms with Gasteiger partial charge in [-0.25, -0.2) is 8.42 Å². The van der Waals surface area contributed by atoms with Gasteiger partial charge >= 0.3 is 0 Å². The summed E-state index contributed by atoms with van der Waals surface area (Å²) in [5.74, 6) is -0.159. The van der Waals surface area contributed by atoms with Crippen molar-refractivity contribution in [2.45, 2.75) is 31.7 Å². The molecule has 124 valence electrons. The number of nitrogens with zero attached hydrogens (tertiary/aromatic N) is 1. The lowest BCUT2D eigenvalue weighted by molar-refractivity contribution is -0.119. The number of anilines is 1. The minimum atomic E-state index is -3.04. The zero-order valence-electron chi connectivity index (χ0n) is 13.4. The standard InChI is InChI=1S/C16H20N2O4S/c1-16(2)12-8-10(4-5-13(12)17-15(16)20)14(19)18(3)11-6-7-23(21,22)9-11/h4-5,8,11H,6-7,9H2,1-3H3,(H,17,20). The summed E-state index contributed by atoms with van der Waals surface area (Å²) in [4.78, 5) is 26.1. The fourth-order valence-electron chi connectivity index (χ4n) is 3.15. The number of amides is 2. The van der Waals surface area contributed by atoms with E-state index in [9.17, 15) is 18.0 Å². The Kier molecular flexibility index (Phi) is 3.51. The summed E-state index contributed by atoms with van der Waals surface area (Å²) in [5, 5.41) is 2.81. The number of hydrogen-bond acceptors (Lipinski definition) is 4. The third kappa shape index (κ3) is 2.63. The molecule has 2 heterocycles. The molecule has 1 atom stereocenters. The van der Waals surface area contributed by atoms with E-state index in [0.717, 1.165) is 11.3 Å². The van der Waals surface area contributed by atoms with Crippen molar-refractivity contribution in [3.63, 3.8) is 0 Å². The largest absolute Gasteiger partial charge is 0.338 e. The topological polar surface area (TPSA) is 83.6 Å². The van der Waals surface area contributed by atoms with Crippen molar-refractivity contribution in [1.82, 2.24) is 4.90 Å². The van der Waals surface area contributed by atoms with Gasteiger partial charge in [-0.3, -0.25) is 9.59 Å². The molecule has 2 amide bonds. The molecule has 0 radical (unpaired) electrons. The van der Waals surface area contributed by atoms with Gasteiger partial charge in [-0.05, 0) is 44.0 Å². The summed E-state index contributed by atoms with van der Waals surface area (Å²) in [6, 6.07) is 4.85. The highest BCUT2D eigenvalue weighted by molar-refractivity contribution is 7.91. The Morgan fingerprint density at radius 2 is 2.04 bits per heavy atom. The number of carbonyl (C=O) groups excluding carboxylic acids is 2. The molecule has 1 fully saturated rings. The summed E-state index contributed by atoms with van der Waals surface area (Å²) < 4.78 is 23.2. The third-order valence-electron chi connectivity index (χ3n) is 4.83. The molecule has 0 aromatic heterocycles. The first-order valence-corrected chi connectivity index (χ1v) is 9.37. The third-order valence-corrected chi connectivity index (χ3v) is 6.58. The van der Waals surface area contributed by atoms with E-state index >= 15 is 0 Å². The van der Waals surface area contributed by atoms with E-state index in [1.54, 1.807) is 25.2 Å². The molecule has 1 aromatic rings. The molecule has 3 rings (SSSR count). The smallest absolute Gasteiger partial charge is 0.253 e. The Bertz CT molecular complexity index is 798. The maximum Gasteiger partial charge on any atom is 0.253 e. The van der Waals surface area contributed by atoms with Gasteiger partial charge in [-0.1, -0.05) is 0 Å². The van der Waals surface area contributed by atoms with Crippen LogP contribution < -0.4 is 5.32 Å².